The fourth-order valence-corrected chi connectivity index (χ4v) is 4.21. The molecule has 4 heterocycles. The number of fused-ring (bicyclic) bond motifs is 1. The number of rotatable bonds is 3. The maximum absolute atomic E-state index is 12.6. The van der Waals surface area contributed by atoms with Gasteiger partial charge in [-0.05, 0) is 12.1 Å². The molecule has 138 valence electrons. The normalized spacial score (nSPS) is 27.8. The first-order valence-corrected chi connectivity index (χ1v) is 8.57. The lowest BCUT2D eigenvalue weighted by Gasteiger charge is -2.29. The molecule has 2 saturated heterocycles. The SMILES string of the molecule is C[C@@]12CN(C(=O)Cc3ccco3)C[C@]1(C)CN(C(=O)c1coc(=O)[nH]1)C2. The van der Waals surface area contributed by atoms with E-state index in [1.165, 1.54) is 0 Å². The van der Waals surface area contributed by atoms with Gasteiger partial charge in [0.05, 0.1) is 12.7 Å². The Bertz CT molecular complexity index is 878. The van der Waals surface area contributed by atoms with E-state index in [9.17, 15) is 14.4 Å². The Morgan fingerprint density at radius 1 is 1.12 bits per heavy atom. The van der Waals surface area contributed by atoms with Crippen LogP contribution in [0.4, 0.5) is 0 Å². The lowest BCUT2D eigenvalue weighted by Crippen LogP contribution is -2.38. The van der Waals surface area contributed by atoms with Crippen molar-refractivity contribution in [2.24, 2.45) is 10.8 Å². The third-order valence-corrected chi connectivity index (χ3v) is 5.91. The van der Waals surface area contributed by atoms with Crippen molar-refractivity contribution in [3.05, 3.63) is 46.7 Å². The molecule has 0 spiro atoms. The average molecular weight is 359 g/mol. The number of hydrogen-bond acceptors (Lipinski definition) is 5. The fraction of sp³-hybridized carbons (Fsp3) is 0.500. The highest BCUT2D eigenvalue weighted by atomic mass is 16.4. The highest BCUT2D eigenvalue weighted by Gasteiger charge is 2.59. The molecule has 0 radical (unpaired) electrons. The first kappa shape index (κ1) is 16.7. The number of amides is 2. The van der Waals surface area contributed by atoms with Crippen molar-refractivity contribution < 1.29 is 18.4 Å². The van der Waals surface area contributed by atoms with Crippen LogP contribution in [0.3, 0.4) is 0 Å². The summed E-state index contributed by atoms with van der Waals surface area (Å²) in [6.45, 7) is 6.46. The Balaban J connectivity index is 1.47. The van der Waals surface area contributed by atoms with E-state index in [2.05, 4.69) is 23.2 Å². The van der Waals surface area contributed by atoms with Crippen LogP contribution in [0, 0.1) is 10.8 Å². The topological polar surface area (TPSA) is 99.8 Å². The molecular weight excluding hydrogens is 338 g/mol. The molecule has 2 fully saturated rings. The van der Waals surface area contributed by atoms with E-state index >= 15 is 0 Å². The van der Waals surface area contributed by atoms with Crippen LogP contribution in [0.5, 0.6) is 0 Å². The molecule has 8 nitrogen and oxygen atoms in total. The molecule has 2 atom stereocenters. The van der Waals surface area contributed by atoms with E-state index in [0.717, 1.165) is 6.26 Å². The number of aromatic amines is 1. The zero-order chi connectivity index (χ0) is 18.5. The van der Waals surface area contributed by atoms with E-state index < -0.39 is 5.76 Å². The second-order valence-corrected chi connectivity index (χ2v) is 7.85. The predicted molar refractivity (Wildman–Crippen MR) is 90.4 cm³/mol. The first-order valence-electron chi connectivity index (χ1n) is 8.57. The minimum atomic E-state index is -0.639. The fourth-order valence-electron chi connectivity index (χ4n) is 4.21. The number of nitrogens with one attached hydrogen (secondary N) is 1. The van der Waals surface area contributed by atoms with Gasteiger partial charge in [-0.25, -0.2) is 4.79 Å². The quantitative estimate of drug-likeness (QED) is 0.885. The van der Waals surface area contributed by atoms with Crippen LogP contribution in [0.15, 0.2) is 38.3 Å². The molecule has 2 aliphatic heterocycles. The summed E-state index contributed by atoms with van der Waals surface area (Å²) in [5, 5.41) is 0. The van der Waals surface area contributed by atoms with Gasteiger partial charge in [0, 0.05) is 37.0 Å². The summed E-state index contributed by atoms with van der Waals surface area (Å²) in [4.78, 5) is 42.3. The Morgan fingerprint density at radius 3 is 2.31 bits per heavy atom. The lowest BCUT2D eigenvalue weighted by molar-refractivity contribution is -0.130. The molecule has 2 amide bonds. The maximum Gasteiger partial charge on any atom is 0.416 e. The summed E-state index contributed by atoms with van der Waals surface area (Å²) in [5.74, 6) is -0.196. The van der Waals surface area contributed by atoms with Crippen LogP contribution in [-0.2, 0) is 11.2 Å². The number of furan rings is 1. The largest absolute Gasteiger partial charge is 0.469 e. The van der Waals surface area contributed by atoms with E-state index in [0.29, 0.717) is 31.9 Å². The second-order valence-electron chi connectivity index (χ2n) is 7.85. The van der Waals surface area contributed by atoms with E-state index in [-0.39, 0.29) is 34.8 Å². The second kappa shape index (κ2) is 5.62. The molecule has 0 aliphatic carbocycles. The number of aromatic nitrogens is 1. The van der Waals surface area contributed by atoms with Gasteiger partial charge in [-0.1, -0.05) is 13.8 Å². The molecule has 0 aromatic carbocycles. The monoisotopic (exact) mass is 359 g/mol. The smallest absolute Gasteiger partial charge is 0.416 e. The first-order chi connectivity index (χ1) is 12.3. The molecular formula is C18H21N3O5. The zero-order valence-corrected chi connectivity index (χ0v) is 14.8. The molecule has 4 rings (SSSR count). The Labute approximate surface area is 149 Å². The molecule has 0 bridgehead atoms. The van der Waals surface area contributed by atoms with Crippen molar-refractivity contribution in [1.82, 2.24) is 14.8 Å². The van der Waals surface area contributed by atoms with Crippen LogP contribution in [0.25, 0.3) is 0 Å². The van der Waals surface area contributed by atoms with Crippen LogP contribution in [0.2, 0.25) is 0 Å². The van der Waals surface area contributed by atoms with Crippen molar-refractivity contribution in [2.45, 2.75) is 20.3 Å². The average Bonchev–Trinajstić information content (AvgIpc) is 3.30. The van der Waals surface area contributed by atoms with Crippen LogP contribution in [0.1, 0.15) is 30.1 Å². The standard InChI is InChI=1S/C18H21N3O5/c1-17-8-20(14(22)6-12-4-3-5-25-12)9-18(17,2)11-21(10-17)15(23)13-7-26-16(24)19-13/h3-5,7H,6,8-11H2,1-2H3,(H,19,24)/t17-,18+. The minimum absolute atomic E-state index is 0.0360. The van der Waals surface area contributed by atoms with E-state index in [4.69, 9.17) is 4.42 Å². The van der Waals surface area contributed by atoms with Crippen molar-refractivity contribution in [1.29, 1.82) is 0 Å². The van der Waals surface area contributed by atoms with E-state index in [1.807, 2.05) is 4.90 Å². The highest BCUT2D eigenvalue weighted by molar-refractivity contribution is 5.92. The molecule has 1 N–H and O–H groups in total. The molecule has 2 aromatic rings. The Hall–Kier alpha value is -2.77. The summed E-state index contributed by atoms with van der Waals surface area (Å²) in [5.41, 5.74) is -0.246. The molecule has 26 heavy (non-hydrogen) atoms. The minimum Gasteiger partial charge on any atom is -0.469 e. The van der Waals surface area contributed by atoms with Gasteiger partial charge < -0.3 is 18.6 Å². The van der Waals surface area contributed by atoms with Gasteiger partial charge in [0.2, 0.25) is 5.91 Å². The van der Waals surface area contributed by atoms with Gasteiger partial charge in [0.15, 0.2) is 0 Å². The summed E-state index contributed by atoms with van der Waals surface area (Å²) in [6.07, 6.45) is 2.97. The Kier molecular flexibility index (Phi) is 3.61. The number of oxazole rings is 1. The number of H-pyrrole nitrogens is 1. The number of likely N-dealkylation sites (tertiary alicyclic amines) is 2. The van der Waals surface area contributed by atoms with Crippen LogP contribution < -0.4 is 5.76 Å². The maximum atomic E-state index is 12.6. The predicted octanol–water partition coefficient (Wildman–Crippen LogP) is 1.11. The zero-order valence-electron chi connectivity index (χ0n) is 14.8. The van der Waals surface area contributed by atoms with Gasteiger partial charge in [-0.15, -0.1) is 0 Å². The highest BCUT2D eigenvalue weighted by Crippen LogP contribution is 2.51. The van der Waals surface area contributed by atoms with Crippen molar-refractivity contribution in [2.75, 3.05) is 26.2 Å². The Morgan fingerprint density at radius 2 is 1.77 bits per heavy atom. The lowest BCUT2D eigenvalue weighted by atomic mass is 9.71. The summed E-state index contributed by atoms with van der Waals surface area (Å²) >= 11 is 0. The third kappa shape index (κ3) is 2.56. The van der Waals surface area contributed by atoms with Gasteiger partial charge in [-0.2, -0.15) is 0 Å². The number of hydrogen-bond donors (Lipinski definition) is 1. The molecule has 2 aliphatic rings. The molecule has 0 unspecified atom stereocenters. The van der Waals surface area contributed by atoms with Gasteiger partial charge in [0.1, 0.15) is 17.7 Å². The molecule has 2 aromatic heterocycles. The van der Waals surface area contributed by atoms with Crippen LogP contribution >= 0.6 is 0 Å². The van der Waals surface area contributed by atoms with E-state index in [1.54, 1.807) is 23.3 Å². The summed E-state index contributed by atoms with van der Waals surface area (Å²) < 4.78 is 9.94. The van der Waals surface area contributed by atoms with Crippen molar-refractivity contribution in [3.63, 3.8) is 0 Å². The van der Waals surface area contributed by atoms with Gasteiger partial charge in [-0.3, -0.25) is 14.6 Å². The van der Waals surface area contributed by atoms with Gasteiger partial charge >= 0.3 is 5.76 Å². The number of nitrogens with zero attached hydrogens (tertiary/aromatic N) is 2. The van der Waals surface area contributed by atoms with Crippen molar-refractivity contribution >= 4 is 11.8 Å². The number of carbonyl (C=O) groups is 2. The number of carbonyl (C=O) groups excluding carboxylic acids is 2. The van der Waals surface area contributed by atoms with Crippen molar-refractivity contribution in [3.8, 4) is 0 Å². The summed E-state index contributed by atoms with van der Waals surface area (Å²) in [6, 6.07) is 3.57. The molecule has 8 heteroatoms. The van der Waals surface area contributed by atoms with Crippen LogP contribution in [-0.4, -0.2) is 52.8 Å². The van der Waals surface area contributed by atoms with Gasteiger partial charge in [0.25, 0.3) is 5.91 Å². The summed E-state index contributed by atoms with van der Waals surface area (Å²) in [7, 11) is 0. The molecule has 0 saturated carbocycles. The third-order valence-electron chi connectivity index (χ3n) is 5.91.